The minimum absolute atomic E-state index is 0.0926. The van der Waals surface area contributed by atoms with E-state index in [0.717, 1.165) is 18.8 Å². The molecule has 0 radical (unpaired) electrons. The molecule has 0 unspecified atom stereocenters. The number of nitrogens with zero attached hydrogens (tertiary/aromatic N) is 8. The topological polar surface area (TPSA) is 155 Å². The van der Waals surface area contributed by atoms with Gasteiger partial charge in [-0.3, -0.25) is 4.90 Å². The first kappa shape index (κ1) is 26.0. The Morgan fingerprint density at radius 1 is 1.13 bits per heavy atom. The Morgan fingerprint density at radius 2 is 1.89 bits per heavy atom. The van der Waals surface area contributed by atoms with Gasteiger partial charge >= 0.3 is 0 Å². The Hall–Kier alpha value is -3.65. The van der Waals surface area contributed by atoms with Gasteiger partial charge in [0.15, 0.2) is 5.65 Å². The van der Waals surface area contributed by atoms with E-state index in [4.69, 9.17) is 11.6 Å². The van der Waals surface area contributed by atoms with Crippen molar-refractivity contribution in [2.45, 2.75) is 31.8 Å². The van der Waals surface area contributed by atoms with E-state index < -0.39 is 9.84 Å². The van der Waals surface area contributed by atoms with Crippen LogP contribution in [0.2, 0.25) is 5.02 Å². The summed E-state index contributed by atoms with van der Waals surface area (Å²) in [5.74, 6) is 1.07. The highest BCUT2D eigenvalue weighted by Crippen LogP contribution is 2.38. The molecule has 4 heterocycles. The summed E-state index contributed by atoms with van der Waals surface area (Å²) in [6.07, 6.45) is 2.75. The standard InChI is InChI=1S/C24H27ClN10O2S/c1-15-14-33(18-3-7-38(36,37)8-4-18)5-6-34(15)20-10-16(11-26)9-19(21(20)25)30-23-31-22-17(12-27)13-29-35(22)24(28-2)32-23/h9-10,13,15,18H,3-8,14H2,1-2H3,(H2,28,30,31,32)/t15-/m0/s1. The molecule has 2 saturated heterocycles. The number of fused-ring (bicyclic) bond motifs is 1. The van der Waals surface area contributed by atoms with Gasteiger partial charge in [-0.25, -0.2) is 8.42 Å². The smallest absolute Gasteiger partial charge is 0.232 e. The van der Waals surface area contributed by atoms with Crippen molar-refractivity contribution >= 4 is 50.4 Å². The van der Waals surface area contributed by atoms with Crippen molar-refractivity contribution in [1.29, 1.82) is 10.5 Å². The molecule has 12 nitrogen and oxygen atoms in total. The van der Waals surface area contributed by atoms with Crippen LogP contribution in [0.5, 0.6) is 0 Å². The average molecular weight is 555 g/mol. The molecular formula is C24H27ClN10O2S. The summed E-state index contributed by atoms with van der Waals surface area (Å²) in [5, 5.41) is 29.8. The van der Waals surface area contributed by atoms with Crippen LogP contribution in [0.1, 0.15) is 30.9 Å². The molecule has 38 heavy (non-hydrogen) atoms. The maximum atomic E-state index is 11.9. The van der Waals surface area contributed by atoms with E-state index in [0.29, 0.717) is 52.8 Å². The predicted molar refractivity (Wildman–Crippen MR) is 145 cm³/mol. The van der Waals surface area contributed by atoms with Crippen molar-refractivity contribution < 1.29 is 8.42 Å². The van der Waals surface area contributed by atoms with Gasteiger partial charge in [-0.15, -0.1) is 0 Å². The second-order valence-electron chi connectivity index (χ2n) is 9.54. The number of hydrogen-bond acceptors (Lipinski definition) is 11. The first-order valence-corrected chi connectivity index (χ1v) is 14.5. The first-order valence-electron chi connectivity index (χ1n) is 12.3. The van der Waals surface area contributed by atoms with Crippen LogP contribution in [0.3, 0.4) is 0 Å². The highest BCUT2D eigenvalue weighted by molar-refractivity contribution is 7.91. The summed E-state index contributed by atoms with van der Waals surface area (Å²) in [6, 6.07) is 8.05. The molecule has 5 rings (SSSR count). The minimum Gasteiger partial charge on any atom is -0.365 e. The van der Waals surface area contributed by atoms with Crippen LogP contribution in [0.15, 0.2) is 18.3 Å². The van der Waals surface area contributed by atoms with Crippen LogP contribution in [-0.4, -0.2) is 83.2 Å². The third kappa shape index (κ3) is 4.92. The number of nitrogens with one attached hydrogen (secondary N) is 2. The number of piperazine rings is 1. The molecule has 1 aromatic carbocycles. The molecule has 2 aliphatic heterocycles. The number of aromatic nitrogens is 4. The lowest BCUT2D eigenvalue weighted by atomic mass is 10.0. The van der Waals surface area contributed by atoms with Crippen LogP contribution in [-0.2, 0) is 9.84 Å². The molecule has 0 saturated carbocycles. The summed E-state index contributed by atoms with van der Waals surface area (Å²) in [7, 11) is -1.22. The van der Waals surface area contributed by atoms with Crippen molar-refractivity contribution in [3.8, 4) is 12.1 Å². The second kappa shape index (κ2) is 10.3. The van der Waals surface area contributed by atoms with Crippen molar-refractivity contribution in [3.63, 3.8) is 0 Å². The van der Waals surface area contributed by atoms with Gasteiger partial charge in [-0.2, -0.15) is 30.1 Å². The molecule has 2 N–H and O–H groups in total. The van der Waals surface area contributed by atoms with E-state index in [-0.39, 0.29) is 29.5 Å². The predicted octanol–water partition coefficient (Wildman–Crippen LogP) is 2.39. The van der Waals surface area contributed by atoms with Crippen LogP contribution in [0, 0.1) is 22.7 Å². The third-order valence-corrected chi connectivity index (χ3v) is 9.26. The van der Waals surface area contributed by atoms with E-state index in [9.17, 15) is 18.9 Å². The largest absolute Gasteiger partial charge is 0.365 e. The normalized spacial score (nSPS) is 20.1. The lowest BCUT2D eigenvalue weighted by Crippen LogP contribution is -2.56. The van der Waals surface area contributed by atoms with Gasteiger partial charge in [-0.05, 0) is 31.9 Å². The van der Waals surface area contributed by atoms with Gasteiger partial charge in [-0.1, -0.05) is 11.6 Å². The van der Waals surface area contributed by atoms with E-state index in [1.807, 2.05) is 0 Å². The fourth-order valence-corrected chi connectivity index (χ4v) is 6.92. The van der Waals surface area contributed by atoms with E-state index in [1.165, 1.54) is 10.7 Å². The molecular weight excluding hydrogens is 528 g/mol. The number of nitriles is 2. The summed E-state index contributed by atoms with van der Waals surface area (Å²) >= 11 is 6.90. The number of halogens is 1. The minimum atomic E-state index is -2.91. The molecule has 1 atom stereocenters. The number of hydrogen-bond donors (Lipinski definition) is 2. The Morgan fingerprint density at radius 3 is 2.55 bits per heavy atom. The molecule has 0 amide bonds. The number of rotatable bonds is 5. The quantitative estimate of drug-likeness (QED) is 0.477. The van der Waals surface area contributed by atoms with Crippen LogP contribution in [0.25, 0.3) is 5.65 Å². The molecule has 198 valence electrons. The monoisotopic (exact) mass is 554 g/mol. The summed E-state index contributed by atoms with van der Waals surface area (Å²) in [4.78, 5) is 13.4. The fraction of sp³-hybridized carbons (Fsp3) is 0.458. The average Bonchev–Trinajstić information content (AvgIpc) is 3.32. The molecule has 3 aromatic rings. The molecule has 14 heteroatoms. The zero-order valence-corrected chi connectivity index (χ0v) is 22.6. The first-order chi connectivity index (χ1) is 18.2. The van der Waals surface area contributed by atoms with Gasteiger partial charge in [0.05, 0.1) is 45.7 Å². The second-order valence-corrected chi connectivity index (χ2v) is 12.2. The van der Waals surface area contributed by atoms with Crippen LogP contribution < -0.4 is 15.5 Å². The molecule has 0 spiro atoms. The summed E-state index contributed by atoms with van der Waals surface area (Å²) < 4.78 is 25.1. The maximum absolute atomic E-state index is 11.9. The van der Waals surface area contributed by atoms with Crippen LogP contribution >= 0.6 is 11.6 Å². The Bertz CT molecular complexity index is 1560. The zero-order chi connectivity index (χ0) is 27.0. The third-order valence-electron chi connectivity index (χ3n) is 7.15. The lowest BCUT2D eigenvalue weighted by Gasteiger charge is -2.45. The Kier molecular flexibility index (Phi) is 7.01. The van der Waals surface area contributed by atoms with Crippen molar-refractivity contribution in [3.05, 3.63) is 34.5 Å². The summed E-state index contributed by atoms with van der Waals surface area (Å²) in [6.45, 7) is 4.33. The summed E-state index contributed by atoms with van der Waals surface area (Å²) in [5.41, 5.74) is 2.26. The van der Waals surface area contributed by atoms with Crippen molar-refractivity contribution in [1.82, 2.24) is 24.5 Å². The zero-order valence-electron chi connectivity index (χ0n) is 21.0. The molecule has 2 aliphatic rings. The van der Waals surface area contributed by atoms with Gasteiger partial charge in [0, 0.05) is 38.8 Å². The van der Waals surface area contributed by atoms with Crippen molar-refractivity contribution in [2.75, 3.05) is 53.7 Å². The van der Waals surface area contributed by atoms with Gasteiger partial charge in [0.2, 0.25) is 11.9 Å². The molecule has 2 fully saturated rings. The SMILES string of the molecule is CNc1nc(Nc2cc(C#N)cc(N3CCN(C4CCS(=O)(=O)CC4)C[C@@H]3C)c2Cl)nc2c(C#N)cnn12. The van der Waals surface area contributed by atoms with Crippen molar-refractivity contribution in [2.24, 2.45) is 0 Å². The van der Waals surface area contributed by atoms with Gasteiger partial charge < -0.3 is 15.5 Å². The molecule has 2 aromatic heterocycles. The highest BCUT2D eigenvalue weighted by atomic mass is 35.5. The Balaban J connectivity index is 1.41. The Labute approximate surface area is 225 Å². The highest BCUT2D eigenvalue weighted by Gasteiger charge is 2.33. The van der Waals surface area contributed by atoms with Gasteiger partial charge in [0.25, 0.3) is 0 Å². The maximum Gasteiger partial charge on any atom is 0.232 e. The van der Waals surface area contributed by atoms with Crippen LogP contribution in [0.4, 0.5) is 23.3 Å². The lowest BCUT2D eigenvalue weighted by molar-refractivity contribution is 0.154. The molecule has 0 bridgehead atoms. The van der Waals surface area contributed by atoms with E-state index in [1.54, 1.807) is 19.2 Å². The number of sulfone groups is 1. The number of anilines is 4. The molecule has 0 aliphatic carbocycles. The number of benzene rings is 1. The van der Waals surface area contributed by atoms with Gasteiger partial charge in [0.1, 0.15) is 21.5 Å². The van der Waals surface area contributed by atoms with E-state index in [2.05, 4.69) is 54.6 Å². The van der Waals surface area contributed by atoms with E-state index >= 15 is 0 Å². The fourth-order valence-electron chi connectivity index (χ4n) is 5.19.